The monoisotopic (exact) mass is 172 g/mol. The largest absolute Gasteiger partial charge is 0.481 e. The van der Waals surface area contributed by atoms with Gasteiger partial charge in [-0.1, -0.05) is 0 Å². The first kappa shape index (κ1) is 8.70. The van der Waals surface area contributed by atoms with Gasteiger partial charge >= 0.3 is 11.9 Å². The van der Waals surface area contributed by atoms with E-state index >= 15 is 0 Å². The van der Waals surface area contributed by atoms with Gasteiger partial charge in [0.1, 0.15) is 11.7 Å². The van der Waals surface area contributed by atoms with Crippen LogP contribution in [0.4, 0.5) is 0 Å². The summed E-state index contributed by atoms with van der Waals surface area (Å²) >= 11 is 0. The number of carbonyl (C=O) groups excluding carboxylic acids is 1. The Labute approximate surface area is 68.0 Å². The van der Waals surface area contributed by atoms with Crippen LogP contribution in [-0.4, -0.2) is 27.9 Å². The fourth-order valence-electron chi connectivity index (χ4n) is 1.42. The van der Waals surface area contributed by atoms with E-state index < -0.39 is 29.6 Å². The third-order valence-electron chi connectivity index (χ3n) is 2.03. The Morgan fingerprint density at radius 3 is 2.17 bits per heavy atom. The second-order valence-corrected chi connectivity index (χ2v) is 2.77. The molecule has 5 heteroatoms. The van der Waals surface area contributed by atoms with E-state index in [0.29, 0.717) is 0 Å². The second kappa shape index (κ2) is 2.92. The van der Waals surface area contributed by atoms with E-state index in [1.165, 1.54) is 0 Å². The topological polar surface area (TPSA) is 91.7 Å². The third kappa shape index (κ3) is 1.30. The van der Waals surface area contributed by atoms with Crippen molar-refractivity contribution in [3.05, 3.63) is 0 Å². The van der Waals surface area contributed by atoms with Gasteiger partial charge in [0, 0.05) is 6.42 Å². The van der Waals surface area contributed by atoms with Crippen molar-refractivity contribution >= 4 is 17.7 Å². The predicted octanol–water partition coefficient (Wildman–Crippen LogP) is -0.249. The number of Topliss-reactive ketones (excluding diaryl/α,β-unsaturated/α-hetero) is 1. The number of ketones is 1. The van der Waals surface area contributed by atoms with Crippen LogP contribution in [0.2, 0.25) is 0 Å². The maximum Gasteiger partial charge on any atom is 0.314 e. The Morgan fingerprint density at radius 2 is 1.83 bits per heavy atom. The van der Waals surface area contributed by atoms with E-state index in [2.05, 4.69) is 0 Å². The van der Waals surface area contributed by atoms with Crippen LogP contribution in [0.1, 0.15) is 12.8 Å². The summed E-state index contributed by atoms with van der Waals surface area (Å²) in [5.74, 6) is -5.37. The first-order chi connectivity index (χ1) is 5.54. The summed E-state index contributed by atoms with van der Waals surface area (Å²) in [6.45, 7) is 0. The predicted molar refractivity (Wildman–Crippen MR) is 36.5 cm³/mol. The molecule has 0 radical (unpaired) electrons. The van der Waals surface area contributed by atoms with Gasteiger partial charge in [-0.3, -0.25) is 14.4 Å². The summed E-state index contributed by atoms with van der Waals surface area (Å²) in [5, 5.41) is 17.1. The lowest BCUT2D eigenvalue weighted by Gasteiger charge is -2.07. The molecule has 2 N–H and O–H groups in total. The molecule has 2 atom stereocenters. The maximum atomic E-state index is 10.9. The van der Waals surface area contributed by atoms with Gasteiger partial charge in [-0.05, 0) is 6.42 Å². The van der Waals surface area contributed by atoms with E-state index in [0.717, 1.165) is 0 Å². The van der Waals surface area contributed by atoms with Crippen molar-refractivity contribution in [1.29, 1.82) is 0 Å². The number of carboxylic acid groups (broad SMARTS) is 2. The summed E-state index contributed by atoms with van der Waals surface area (Å²) < 4.78 is 0. The zero-order chi connectivity index (χ0) is 9.30. The van der Waals surface area contributed by atoms with Crippen LogP contribution >= 0.6 is 0 Å². The molecule has 0 aromatic heterocycles. The molecule has 1 saturated carbocycles. The van der Waals surface area contributed by atoms with Gasteiger partial charge < -0.3 is 10.2 Å². The molecule has 0 saturated heterocycles. The molecule has 0 aliphatic heterocycles. The van der Waals surface area contributed by atoms with Gasteiger partial charge in [0.25, 0.3) is 0 Å². The molecule has 1 rings (SSSR count). The van der Waals surface area contributed by atoms with Crippen LogP contribution in [0.25, 0.3) is 0 Å². The zero-order valence-corrected chi connectivity index (χ0v) is 6.19. The third-order valence-corrected chi connectivity index (χ3v) is 2.03. The number of rotatable bonds is 2. The molecule has 1 fully saturated rings. The molecule has 0 bridgehead atoms. The van der Waals surface area contributed by atoms with E-state index in [1.54, 1.807) is 0 Å². The fourth-order valence-corrected chi connectivity index (χ4v) is 1.42. The van der Waals surface area contributed by atoms with Crippen LogP contribution in [0.15, 0.2) is 0 Å². The van der Waals surface area contributed by atoms with Crippen LogP contribution in [0.3, 0.4) is 0 Å². The molecule has 0 spiro atoms. The Hall–Kier alpha value is -1.39. The standard InChI is InChI=1S/C7H8O5/c8-4-2-1-3(6(9)10)5(4)7(11)12/h3,5H,1-2H2,(H,9,10)(H,11,12). The molecule has 12 heavy (non-hydrogen) atoms. The number of hydrogen-bond donors (Lipinski definition) is 2. The highest BCUT2D eigenvalue weighted by atomic mass is 16.4. The first-order valence-corrected chi connectivity index (χ1v) is 3.52. The van der Waals surface area contributed by atoms with E-state index in [1.807, 2.05) is 0 Å². The molecule has 1 aliphatic carbocycles. The van der Waals surface area contributed by atoms with Crippen molar-refractivity contribution < 1.29 is 24.6 Å². The average Bonchev–Trinajstić information content (AvgIpc) is 2.30. The first-order valence-electron chi connectivity index (χ1n) is 3.52. The van der Waals surface area contributed by atoms with Crippen molar-refractivity contribution in [1.82, 2.24) is 0 Å². The van der Waals surface area contributed by atoms with Crippen molar-refractivity contribution in [2.45, 2.75) is 12.8 Å². The minimum absolute atomic E-state index is 0.0634. The van der Waals surface area contributed by atoms with Crippen LogP contribution in [0, 0.1) is 11.8 Å². The minimum atomic E-state index is -1.33. The summed E-state index contributed by atoms with van der Waals surface area (Å²) in [7, 11) is 0. The number of hydrogen-bond acceptors (Lipinski definition) is 3. The van der Waals surface area contributed by atoms with Crippen molar-refractivity contribution in [2.24, 2.45) is 11.8 Å². The Kier molecular flexibility index (Phi) is 2.12. The van der Waals surface area contributed by atoms with E-state index in [-0.39, 0.29) is 12.8 Å². The van der Waals surface area contributed by atoms with Crippen LogP contribution in [0.5, 0.6) is 0 Å². The lowest BCUT2D eigenvalue weighted by atomic mass is 9.96. The van der Waals surface area contributed by atoms with Crippen LogP contribution < -0.4 is 0 Å². The van der Waals surface area contributed by atoms with Crippen LogP contribution in [-0.2, 0) is 14.4 Å². The number of carbonyl (C=O) groups is 3. The number of aliphatic carboxylic acids is 2. The van der Waals surface area contributed by atoms with Crippen molar-refractivity contribution in [3.8, 4) is 0 Å². The molecule has 2 unspecified atom stereocenters. The van der Waals surface area contributed by atoms with E-state index in [4.69, 9.17) is 10.2 Å². The smallest absolute Gasteiger partial charge is 0.314 e. The van der Waals surface area contributed by atoms with Gasteiger partial charge in [0.2, 0.25) is 0 Å². The minimum Gasteiger partial charge on any atom is -0.481 e. The van der Waals surface area contributed by atoms with E-state index in [9.17, 15) is 14.4 Å². The van der Waals surface area contributed by atoms with Crippen molar-refractivity contribution in [2.75, 3.05) is 0 Å². The SMILES string of the molecule is O=C(O)C1CCC(=O)C1C(=O)O. The summed E-state index contributed by atoms with van der Waals surface area (Å²) in [4.78, 5) is 31.8. The highest BCUT2D eigenvalue weighted by molar-refractivity contribution is 6.03. The Morgan fingerprint density at radius 1 is 1.25 bits per heavy atom. The number of carboxylic acids is 2. The van der Waals surface area contributed by atoms with Crippen molar-refractivity contribution in [3.63, 3.8) is 0 Å². The second-order valence-electron chi connectivity index (χ2n) is 2.77. The summed E-state index contributed by atoms with van der Waals surface area (Å²) in [5.41, 5.74) is 0. The highest BCUT2D eigenvalue weighted by Crippen LogP contribution is 2.28. The zero-order valence-electron chi connectivity index (χ0n) is 6.19. The molecule has 0 heterocycles. The molecule has 0 amide bonds. The molecule has 5 nitrogen and oxygen atoms in total. The van der Waals surface area contributed by atoms with Gasteiger partial charge in [0.05, 0.1) is 5.92 Å². The highest BCUT2D eigenvalue weighted by Gasteiger charge is 2.44. The lowest BCUT2D eigenvalue weighted by molar-refractivity contribution is -0.154. The average molecular weight is 172 g/mol. The Bertz CT molecular complexity index is 244. The lowest BCUT2D eigenvalue weighted by Crippen LogP contribution is -2.29. The van der Waals surface area contributed by atoms with Gasteiger partial charge in [-0.25, -0.2) is 0 Å². The quantitative estimate of drug-likeness (QED) is 0.560. The molecule has 1 aliphatic rings. The fraction of sp³-hybridized carbons (Fsp3) is 0.571. The van der Waals surface area contributed by atoms with Gasteiger partial charge in [-0.15, -0.1) is 0 Å². The molecular formula is C7H8O5. The molecule has 0 aromatic rings. The van der Waals surface area contributed by atoms with Gasteiger partial charge in [-0.2, -0.15) is 0 Å². The summed E-state index contributed by atoms with van der Waals surface area (Å²) in [6, 6.07) is 0. The summed E-state index contributed by atoms with van der Waals surface area (Å²) in [6.07, 6.45) is 0.207. The molecular weight excluding hydrogens is 164 g/mol. The molecule has 0 aromatic carbocycles. The normalized spacial score (nSPS) is 28.8. The Balaban J connectivity index is 2.84. The van der Waals surface area contributed by atoms with Gasteiger partial charge in [0.15, 0.2) is 0 Å². The maximum absolute atomic E-state index is 10.9. The molecule has 66 valence electrons.